The first-order valence-electron chi connectivity index (χ1n) is 9.60. The van der Waals surface area contributed by atoms with Gasteiger partial charge in [-0.2, -0.15) is 21.6 Å². The van der Waals surface area contributed by atoms with Crippen LogP contribution in [0.2, 0.25) is 0 Å². The van der Waals surface area contributed by atoms with Crippen molar-refractivity contribution in [1.82, 2.24) is 4.98 Å². The number of fused-ring (bicyclic) bond motifs is 3. The summed E-state index contributed by atoms with van der Waals surface area (Å²) in [6, 6.07) is 9.07. The molecule has 32 heavy (non-hydrogen) atoms. The third kappa shape index (κ3) is 4.40. The van der Waals surface area contributed by atoms with Crippen molar-refractivity contribution in [3.05, 3.63) is 52.5 Å². The topological polar surface area (TPSA) is 85.7 Å². The Morgan fingerprint density at radius 2 is 1.91 bits per heavy atom. The van der Waals surface area contributed by atoms with Gasteiger partial charge in [0.15, 0.2) is 11.5 Å². The molecule has 2 aromatic heterocycles. The molecule has 11 heteroatoms. The van der Waals surface area contributed by atoms with Crippen LogP contribution in [0.5, 0.6) is 5.75 Å². The van der Waals surface area contributed by atoms with Gasteiger partial charge in [0, 0.05) is 30.8 Å². The number of hydrogen-bond donors (Lipinski definition) is 0. The molecule has 1 aromatic carbocycles. The third-order valence-corrected chi connectivity index (χ3v) is 7.15. The van der Waals surface area contributed by atoms with E-state index < -0.39 is 21.4 Å². The minimum Gasteiger partial charge on any atom is -0.375 e. The van der Waals surface area contributed by atoms with Gasteiger partial charge in [-0.05, 0) is 25.3 Å². The molecule has 1 aliphatic rings. The standard InChI is InChI=1S/C21H17F3N2O4S2/c1-12-2-4-13(5-3-12)6-7-14-10-15(27)19-18(26-11-14)17-16(8-9-25-20(17)31-19)30-32(28,29)21(22,23)24/h2-5,8-9,11,14H,6-7,10H2,1H3. The number of alkyl halides is 3. The highest BCUT2D eigenvalue weighted by atomic mass is 32.2. The van der Waals surface area contributed by atoms with E-state index in [1.807, 2.05) is 31.2 Å². The van der Waals surface area contributed by atoms with Gasteiger partial charge in [0.25, 0.3) is 0 Å². The smallest absolute Gasteiger partial charge is 0.375 e. The fourth-order valence-corrected chi connectivity index (χ4v) is 4.90. The van der Waals surface area contributed by atoms with Crippen molar-refractivity contribution in [2.24, 2.45) is 10.9 Å². The molecule has 3 heterocycles. The van der Waals surface area contributed by atoms with Crippen LogP contribution < -0.4 is 4.18 Å². The highest BCUT2D eigenvalue weighted by Crippen LogP contribution is 2.45. The number of aryl methyl sites for hydroxylation is 2. The highest BCUT2D eigenvalue weighted by Gasteiger charge is 2.49. The van der Waals surface area contributed by atoms with E-state index in [9.17, 15) is 26.4 Å². The number of halogens is 3. The van der Waals surface area contributed by atoms with E-state index >= 15 is 0 Å². The summed E-state index contributed by atoms with van der Waals surface area (Å²) in [5.41, 5.74) is -3.22. The second-order valence-electron chi connectivity index (χ2n) is 7.44. The van der Waals surface area contributed by atoms with E-state index in [-0.39, 0.29) is 38.9 Å². The van der Waals surface area contributed by atoms with Gasteiger partial charge in [0.05, 0.1) is 16.0 Å². The van der Waals surface area contributed by atoms with Crippen molar-refractivity contribution in [1.29, 1.82) is 0 Å². The first-order valence-corrected chi connectivity index (χ1v) is 11.8. The minimum absolute atomic E-state index is 0.0240. The second-order valence-corrected chi connectivity index (χ2v) is 9.98. The summed E-state index contributed by atoms with van der Waals surface area (Å²) in [4.78, 5) is 21.7. The number of aromatic nitrogens is 1. The number of aliphatic imine (C=N–C) groups is 1. The van der Waals surface area contributed by atoms with Gasteiger partial charge in [-0.25, -0.2) is 4.98 Å². The zero-order valence-electron chi connectivity index (χ0n) is 16.7. The van der Waals surface area contributed by atoms with Crippen molar-refractivity contribution < 1.29 is 30.6 Å². The maximum absolute atomic E-state index is 12.9. The molecule has 1 atom stereocenters. The molecule has 1 aliphatic heterocycles. The van der Waals surface area contributed by atoms with Gasteiger partial charge in [-0.15, -0.1) is 11.3 Å². The van der Waals surface area contributed by atoms with Crippen LogP contribution in [-0.4, -0.2) is 30.9 Å². The summed E-state index contributed by atoms with van der Waals surface area (Å²) in [6.45, 7) is 2.00. The Labute approximate surface area is 185 Å². The first kappa shape index (κ1) is 22.4. The van der Waals surface area contributed by atoms with Crippen molar-refractivity contribution in [3.8, 4) is 5.75 Å². The zero-order chi connectivity index (χ0) is 23.1. The predicted molar refractivity (Wildman–Crippen MR) is 115 cm³/mol. The van der Waals surface area contributed by atoms with Crippen molar-refractivity contribution >= 4 is 49.4 Å². The summed E-state index contributed by atoms with van der Waals surface area (Å²) >= 11 is 0.956. The molecule has 0 saturated heterocycles. The molecular weight excluding hydrogens is 465 g/mol. The lowest BCUT2D eigenvalue weighted by atomic mass is 9.95. The van der Waals surface area contributed by atoms with Crippen LogP contribution in [0.25, 0.3) is 10.2 Å². The second kappa shape index (κ2) is 8.28. The van der Waals surface area contributed by atoms with Gasteiger partial charge in [0.2, 0.25) is 0 Å². The van der Waals surface area contributed by atoms with Gasteiger partial charge in [0.1, 0.15) is 4.83 Å². The number of carbonyl (C=O) groups excluding carboxylic acids is 1. The molecular formula is C21H17F3N2O4S2. The SMILES string of the molecule is Cc1ccc(CCC2C=Nc3c(sc4nccc(OS(=O)(=O)C(F)(F)F)c34)C(=O)C2)cc1. The highest BCUT2D eigenvalue weighted by molar-refractivity contribution is 7.88. The fourth-order valence-electron chi connectivity index (χ4n) is 3.37. The lowest BCUT2D eigenvalue weighted by Crippen LogP contribution is -2.28. The summed E-state index contributed by atoms with van der Waals surface area (Å²) in [6.07, 6.45) is 4.30. The Balaban J connectivity index is 1.65. The summed E-state index contributed by atoms with van der Waals surface area (Å²) < 4.78 is 65.8. The minimum atomic E-state index is -5.88. The molecule has 6 nitrogen and oxygen atoms in total. The number of nitrogens with zero attached hydrogens (tertiary/aromatic N) is 2. The number of Topliss-reactive ketones (excluding diaryl/α,β-unsaturated/α-hetero) is 1. The number of thiophene rings is 1. The lowest BCUT2D eigenvalue weighted by molar-refractivity contribution is -0.0499. The molecule has 0 saturated carbocycles. The van der Waals surface area contributed by atoms with Crippen molar-refractivity contribution in [2.75, 3.05) is 0 Å². The molecule has 168 valence electrons. The third-order valence-electron chi connectivity index (χ3n) is 5.05. The fraction of sp³-hybridized carbons (Fsp3) is 0.286. The van der Waals surface area contributed by atoms with Crippen LogP contribution in [0.15, 0.2) is 41.5 Å². The van der Waals surface area contributed by atoms with Crippen molar-refractivity contribution in [2.45, 2.75) is 31.7 Å². The van der Waals surface area contributed by atoms with Gasteiger partial charge >= 0.3 is 15.6 Å². The number of pyridine rings is 1. The molecule has 0 radical (unpaired) electrons. The molecule has 0 bridgehead atoms. The summed E-state index contributed by atoms with van der Waals surface area (Å²) in [5.74, 6) is -0.953. The number of hydrogen-bond acceptors (Lipinski definition) is 7. The lowest BCUT2D eigenvalue weighted by Gasteiger charge is -2.10. The largest absolute Gasteiger partial charge is 0.534 e. The van der Waals surface area contributed by atoms with Crippen LogP contribution in [0.4, 0.5) is 18.9 Å². The van der Waals surface area contributed by atoms with E-state index in [0.29, 0.717) is 6.42 Å². The van der Waals surface area contributed by atoms with E-state index in [2.05, 4.69) is 14.2 Å². The van der Waals surface area contributed by atoms with E-state index in [4.69, 9.17) is 0 Å². The van der Waals surface area contributed by atoms with Crippen LogP contribution >= 0.6 is 11.3 Å². The Morgan fingerprint density at radius 3 is 2.59 bits per heavy atom. The zero-order valence-corrected chi connectivity index (χ0v) is 18.4. The average Bonchev–Trinajstić information content (AvgIpc) is 3.02. The Hall–Kier alpha value is -2.79. The number of carbonyl (C=O) groups is 1. The van der Waals surface area contributed by atoms with Crippen LogP contribution in [-0.2, 0) is 16.5 Å². The maximum Gasteiger partial charge on any atom is 0.534 e. The van der Waals surface area contributed by atoms with E-state index in [1.54, 1.807) is 6.21 Å². The molecule has 0 fully saturated rings. The monoisotopic (exact) mass is 482 g/mol. The number of benzene rings is 1. The first-order chi connectivity index (χ1) is 15.0. The molecule has 3 aromatic rings. The van der Waals surface area contributed by atoms with Crippen LogP contribution in [0, 0.1) is 12.8 Å². The van der Waals surface area contributed by atoms with Crippen LogP contribution in [0.3, 0.4) is 0 Å². The Bertz CT molecular complexity index is 1310. The maximum atomic E-state index is 12.9. The molecule has 4 rings (SSSR count). The summed E-state index contributed by atoms with van der Waals surface area (Å²) in [5, 5.41) is -0.0240. The quantitative estimate of drug-likeness (QED) is 0.361. The molecule has 0 aliphatic carbocycles. The Kier molecular flexibility index (Phi) is 5.80. The Morgan fingerprint density at radius 1 is 1.19 bits per heavy atom. The normalized spacial score (nSPS) is 16.8. The van der Waals surface area contributed by atoms with E-state index in [1.165, 1.54) is 0 Å². The molecule has 0 N–H and O–H groups in total. The number of rotatable bonds is 5. The average molecular weight is 483 g/mol. The predicted octanol–water partition coefficient (Wildman–Crippen LogP) is 5.37. The molecule has 0 amide bonds. The van der Waals surface area contributed by atoms with Crippen LogP contribution in [0.1, 0.15) is 33.6 Å². The van der Waals surface area contributed by atoms with Gasteiger partial charge < -0.3 is 4.18 Å². The van der Waals surface area contributed by atoms with E-state index in [0.717, 1.165) is 41.1 Å². The van der Waals surface area contributed by atoms with Gasteiger partial charge in [-0.3, -0.25) is 9.79 Å². The number of ketones is 1. The van der Waals surface area contributed by atoms with Crippen molar-refractivity contribution in [3.63, 3.8) is 0 Å². The molecule has 1 unspecified atom stereocenters. The summed E-state index contributed by atoms with van der Waals surface area (Å²) in [7, 11) is -5.88. The molecule has 0 spiro atoms. The van der Waals surface area contributed by atoms with Gasteiger partial charge in [-0.1, -0.05) is 29.8 Å².